The summed E-state index contributed by atoms with van der Waals surface area (Å²) in [5, 5.41) is 7.61. The second kappa shape index (κ2) is 5.45. The van der Waals surface area contributed by atoms with E-state index < -0.39 is 0 Å². The lowest BCUT2D eigenvalue weighted by molar-refractivity contribution is -0.124. The third kappa shape index (κ3) is 3.20. The summed E-state index contributed by atoms with van der Waals surface area (Å²) in [6.45, 7) is 6.06. The van der Waals surface area contributed by atoms with E-state index in [-0.39, 0.29) is 17.4 Å². The molecule has 1 heterocycles. The van der Waals surface area contributed by atoms with Crippen molar-refractivity contribution in [3.05, 3.63) is 33.8 Å². The van der Waals surface area contributed by atoms with E-state index in [2.05, 4.69) is 10.6 Å². The fourth-order valence-corrected chi connectivity index (χ4v) is 3.75. The number of hydrogen-bond donors (Lipinski definition) is 2. The van der Waals surface area contributed by atoms with Gasteiger partial charge in [-0.1, -0.05) is 29.3 Å². The van der Waals surface area contributed by atoms with Gasteiger partial charge in [0, 0.05) is 11.5 Å². The Morgan fingerprint density at radius 1 is 1.29 bits per heavy atom. The van der Waals surface area contributed by atoms with Crippen molar-refractivity contribution in [1.29, 1.82) is 0 Å². The van der Waals surface area contributed by atoms with Crippen LogP contribution in [0, 0.1) is 17.8 Å². The maximum absolute atomic E-state index is 12.4. The molecule has 1 aliphatic carbocycles. The van der Waals surface area contributed by atoms with Crippen molar-refractivity contribution in [2.24, 2.45) is 17.8 Å². The summed E-state index contributed by atoms with van der Waals surface area (Å²) in [5.74, 6) is 1.49. The molecule has 3 atom stereocenters. The lowest BCUT2D eigenvalue weighted by Gasteiger charge is -2.27. The Hall–Kier alpha value is -0.770. The summed E-state index contributed by atoms with van der Waals surface area (Å²) >= 11 is 12.0. The van der Waals surface area contributed by atoms with Crippen LogP contribution in [0.2, 0.25) is 10.0 Å². The first-order valence-electron chi connectivity index (χ1n) is 7.34. The molecule has 1 unspecified atom stereocenters. The highest BCUT2D eigenvalue weighted by Crippen LogP contribution is 2.48. The first kappa shape index (κ1) is 15.1. The number of nitrogens with one attached hydrogen (secondary N) is 2. The van der Waals surface area contributed by atoms with Crippen LogP contribution in [0.5, 0.6) is 0 Å². The topological polar surface area (TPSA) is 41.1 Å². The number of rotatable bonds is 4. The van der Waals surface area contributed by atoms with Gasteiger partial charge in [-0.05, 0) is 62.9 Å². The molecule has 1 saturated carbocycles. The van der Waals surface area contributed by atoms with Gasteiger partial charge in [-0.3, -0.25) is 4.79 Å². The molecule has 0 radical (unpaired) electrons. The van der Waals surface area contributed by atoms with E-state index in [4.69, 9.17) is 23.2 Å². The number of piperidine rings is 1. The van der Waals surface area contributed by atoms with E-state index in [1.54, 1.807) is 6.07 Å². The molecule has 1 aliphatic heterocycles. The molecule has 0 spiro atoms. The summed E-state index contributed by atoms with van der Waals surface area (Å²) in [7, 11) is 0. The summed E-state index contributed by atoms with van der Waals surface area (Å²) in [6, 6.07) is 5.62. The predicted octanol–water partition coefficient (Wildman–Crippen LogP) is 2.90. The van der Waals surface area contributed by atoms with Crippen LogP contribution in [-0.4, -0.2) is 24.5 Å². The molecule has 2 fully saturated rings. The first-order valence-corrected chi connectivity index (χ1v) is 8.10. The lowest BCUT2D eigenvalue weighted by atomic mass is 9.94. The number of fused-ring (bicyclic) bond motifs is 1. The Bertz CT molecular complexity index is 563. The third-order valence-electron chi connectivity index (χ3n) is 4.49. The minimum absolute atomic E-state index is 0.191. The maximum Gasteiger partial charge on any atom is 0.224 e. The van der Waals surface area contributed by atoms with Gasteiger partial charge in [0.25, 0.3) is 0 Å². The van der Waals surface area contributed by atoms with E-state index in [1.165, 1.54) is 0 Å². The molecule has 1 aromatic carbocycles. The van der Waals surface area contributed by atoms with Crippen molar-refractivity contribution >= 4 is 29.1 Å². The molecule has 3 nitrogen and oxygen atoms in total. The highest BCUT2D eigenvalue weighted by Gasteiger charge is 2.57. The zero-order chi connectivity index (χ0) is 15.2. The summed E-state index contributed by atoms with van der Waals surface area (Å²) in [5.41, 5.74) is 0.783. The SMILES string of the molecule is CC(C)(Cc1ccc(Cl)c(Cl)c1)NC(=O)C1[C@H]2CNC[C@@H]12. The summed E-state index contributed by atoms with van der Waals surface area (Å²) in [6.07, 6.45) is 0.732. The van der Waals surface area contributed by atoms with Crippen LogP contribution in [0.1, 0.15) is 19.4 Å². The number of halogens is 2. The predicted molar refractivity (Wildman–Crippen MR) is 85.7 cm³/mol. The average molecular weight is 327 g/mol. The van der Waals surface area contributed by atoms with Crippen LogP contribution in [0.15, 0.2) is 18.2 Å². The number of amides is 1. The third-order valence-corrected chi connectivity index (χ3v) is 5.23. The highest BCUT2D eigenvalue weighted by atomic mass is 35.5. The quantitative estimate of drug-likeness (QED) is 0.893. The highest BCUT2D eigenvalue weighted by molar-refractivity contribution is 6.42. The Balaban J connectivity index is 1.61. The van der Waals surface area contributed by atoms with Gasteiger partial charge in [0.1, 0.15) is 0 Å². The molecule has 1 aromatic rings. The second-order valence-electron chi connectivity index (χ2n) is 6.81. The molecule has 1 amide bonds. The number of carbonyl (C=O) groups is 1. The molecule has 1 saturated heterocycles. The molecule has 2 aliphatic rings. The standard InChI is InChI=1S/C16H20Cl2N2O/c1-16(2,6-9-3-4-12(17)13(18)5-9)20-15(21)14-10-7-19-8-11(10)14/h3-5,10-11,14,19H,6-8H2,1-2H3,(H,20,21)/t10-,11+,14?. The van der Waals surface area contributed by atoms with Gasteiger partial charge in [-0.2, -0.15) is 0 Å². The Morgan fingerprint density at radius 2 is 1.95 bits per heavy atom. The van der Waals surface area contributed by atoms with Crippen LogP contribution in [-0.2, 0) is 11.2 Å². The first-order chi connectivity index (χ1) is 9.87. The van der Waals surface area contributed by atoms with Crippen LogP contribution in [0.4, 0.5) is 0 Å². The van der Waals surface area contributed by atoms with Crippen molar-refractivity contribution in [3.8, 4) is 0 Å². The molecule has 114 valence electrons. The largest absolute Gasteiger partial charge is 0.351 e. The molecule has 0 bridgehead atoms. The molecule has 3 rings (SSSR count). The normalized spacial score (nSPS) is 27.3. The molecular formula is C16H20Cl2N2O. The number of hydrogen-bond acceptors (Lipinski definition) is 2. The second-order valence-corrected chi connectivity index (χ2v) is 7.62. The lowest BCUT2D eigenvalue weighted by Crippen LogP contribution is -2.46. The van der Waals surface area contributed by atoms with Crippen LogP contribution in [0.25, 0.3) is 0 Å². The van der Waals surface area contributed by atoms with Gasteiger partial charge in [-0.15, -0.1) is 0 Å². The van der Waals surface area contributed by atoms with Gasteiger partial charge >= 0.3 is 0 Å². The zero-order valence-electron chi connectivity index (χ0n) is 12.2. The molecular weight excluding hydrogens is 307 g/mol. The van der Waals surface area contributed by atoms with Gasteiger partial charge in [0.15, 0.2) is 0 Å². The van der Waals surface area contributed by atoms with Crippen molar-refractivity contribution < 1.29 is 4.79 Å². The minimum Gasteiger partial charge on any atom is -0.351 e. The van der Waals surface area contributed by atoms with Gasteiger partial charge in [0.2, 0.25) is 5.91 Å². The van der Waals surface area contributed by atoms with E-state index in [0.717, 1.165) is 25.1 Å². The molecule has 5 heteroatoms. The Morgan fingerprint density at radius 3 is 2.57 bits per heavy atom. The fourth-order valence-electron chi connectivity index (χ4n) is 3.43. The number of carbonyl (C=O) groups excluding carboxylic acids is 1. The van der Waals surface area contributed by atoms with Crippen molar-refractivity contribution in [2.45, 2.75) is 25.8 Å². The fraction of sp³-hybridized carbons (Fsp3) is 0.562. The average Bonchev–Trinajstić information content (AvgIpc) is 2.87. The monoisotopic (exact) mass is 326 g/mol. The van der Waals surface area contributed by atoms with E-state index >= 15 is 0 Å². The van der Waals surface area contributed by atoms with Crippen molar-refractivity contribution in [3.63, 3.8) is 0 Å². The Kier molecular flexibility index (Phi) is 3.93. The van der Waals surface area contributed by atoms with Crippen molar-refractivity contribution in [2.75, 3.05) is 13.1 Å². The summed E-state index contributed by atoms with van der Waals surface area (Å²) < 4.78 is 0. The minimum atomic E-state index is -0.293. The van der Waals surface area contributed by atoms with Gasteiger partial charge < -0.3 is 10.6 Å². The smallest absolute Gasteiger partial charge is 0.224 e. The van der Waals surface area contributed by atoms with E-state index in [0.29, 0.717) is 21.9 Å². The zero-order valence-corrected chi connectivity index (χ0v) is 13.8. The van der Waals surface area contributed by atoms with Gasteiger partial charge in [0.05, 0.1) is 10.0 Å². The van der Waals surface area contributed by atoms with Crippen LogP contribution in [0.3, 0.4) is 0 Å². The Labute approximate surface area is 135 Å². The van der Waals surface area contributed by atoms with Crippen LogP contribution < -0.4 is 10.6 Å². The molecule has 0 aromatic heterocycles. The van der Waals surface area contributed by atoms with Gasteiger partial charge in [-0.25, -0.2) is 0 Å². The summed E-state index contributed by atoms with van der Waals surface area (Å²) in [4.78, 5) is 12.4. The number of benzene rings is 1. The van der Waals surface area contributed by atoms with E-state index in [9.17, 15) is 4.79 Å². The molecule has 2 N–H and O–H groups in total. The van der Waals surface area contributed by atoms with Crippen molar-refractivity contribution in [1.82, 2.24) is 10.6 Å². The van der Waals surface area contributed by atoms with E-state index in [1.807, 2.05) is 26.0 Å². The molecule has 21 heavy (non-hydrogen) atoms. The van der Waals surface area contributed by atoms with Crippen LogP contribution >= 0.6 is 23.2 Å². The maximum atomic E-state index is 12.4.